The van der Waals surface area contributed by atoms with E-state index in [1.807, 2.05) is 0 Å². The van der Waals surface area contributed by atoms with Gasteiger partial charge in [-0.3, -0.25) is 0 Å². The lowest BCUT2D eigenvalue weighted by molar-refractivity contribution is 0.264. The molecule has 7 heteroatoms. The molecule has 0 aliphatic carbocycles. The molecule has 0 aromatic heterocycles. The highest BCUT2D eigenvalue weighted by molar-refractivity contribution is 7.89. The second kappa shape index (κ2) is 6.21. The van der Waals surface area contributed by atoms with E-state index in [1.165, 1.54) is 24.5 Å². The number of nitrogen functional groups attached to an aromatic ring is 1. The largest absolute Gasteiger partial charge is 0.397 e. The summed E-state index contributed by atoms with van der Waals surface area (Å²) in [6, 6.07) is 5.26. The fourth-order valence-corrected chi connectivity index (χ4v) is 3.35. The Morgan fingerprint density at radius 1 is 1.29 bits per heavy atom. The Labute approximate surface area is 127 Å². The quantitative estimate of drug-likeness (QED) is 0.812. The summed E-state index contributed by atoms with van der Waals surface area (Å²) in [4.78, 5) is 2.52. The van der Waals surface area contributed by atoms with E-state index in [4.69, 9.17) is 5.73 Å². The van der Waals surface area contributed by atoms with Crippen LogP contribution >= 0.6 is 0 Å². The Morgan fingerprint density at radius 3 is 2.43 bits per heavy atom. The third kappa shape index (κ3) is 3.66. The molecular formula is C14H24N4O2S. The van der Waals surface area contributed by atoms with E-state index < -0.39 is 10.0 Å². The van der Waals surface area contributed by atoms with E-state index >= 15 is 0 Å². The Morgan fingerprint density at radius 2 is 1.90 bits per heavy atom. The van der Waals surface area contributed by atoms with Gasteiger partial charge in [-0.05, 0) is 51.2 Å². The highest BCUT2D eigenvalue weighted by atomic mass is 32.2. The smallest absolute Gasteiger partial charge is 0.242 e. The first-order chi connectivity index (χ1) is 9.80. The van der Waals surface area contributed by atoms with Crippen molar-refractivity contribution >= 4 is 21.4 Å². The molecule has 21 heavy (non-hydrogen) atoms. The molecule has 0 saturated carbocycles. The molecule has 0 unspecified atom stereocenters. The maximum absolute atomic E-state index is 12.1. The van der Waals surface area contributed by atoms with Crippen LogP contribution in [0.4, 0.5) is 11.4 Å². The molecule has 2 rings (SSSR count). The van der Waals surface area contributed by atoms with Crippen molar-refractivity contribution in [2.24, 2.45) is 0 Å². The van der Waals surface area contributed by atoms with E-state index in [0.717, 1.165) is 31.6 Å². The van der Waals surface area contributed by atoms with Crippen molar-refractivity contribution in [3.05, 3.63) is 18.2 Å². The summed E-state index contributed by atoms with van der Waals surface area (Å²) in [7, 11) is 1.70. The van der Waals surface area contributed by atoms with Crippen molar-refractivity contribution in [3.63, 3.8) is 0 Å². The highest BCUT2D eigenvalue weighted by Crippen LogP contribution is 2.26. The third-order valence-electron chi connectivity index (χ3n) is 3.88. The SMILES string of the molecule is CN1CCC(Nc2ccc(S(=O)(=O)N(C)C)cc2N)CC1. The number of rotatable bonds is 4. The average molecular weight is 312 g/mol. The van der Waals surface area contributed by atoms with Crippen LogP contribution in [-0.4, -0.2) is 57.9 Å². The van der Waals surface area contributed by atoms with E-state index in [0.29, 0.717) is 11.7 Å². The molecular weight excluding hydrogens is 288 g/mol. The molecule has 0 amide bonds. The van der Waals surface area contributed by atoms with Crippen LogP contribution in [0, 0.1) is 0 Å². The number of nitrogens with zero attached hydrogens (tertiary/aromatic N) is 2. The Bertz CT molecular complexity index is 593. The summed E-state index contributed by atoms with van der Waals surface area (Å²) >= 11 is 0. The lowest BCUT2D eigenvalue weighted by Gasteiger charge is -2.30. The zero-order chi connectivity index (χ0) is 15.6. The minimum Gasteiger partial charge on any atom is -0.397 e. The van der Waals surface area contributed by atoms with Gasteiger partial charge in [0, 0.05) is 20.1 Å². The van der Waals surface area contributed by atoms with Gasteiger partial charge < -0.3 is 16.0 Å². The minimum absolute atomic E-state index is 0.221. The maximum atomic E-state index is 12.1. The predicted molar refractivity (Wildman–Crippen MR) is 85.9 cm³/mol. The van der Waals surface area contributed by atoms with E-state index in [9.17, 15) is 8.42 Å². The number of likely N-dealkylation sites (tertiary alicyclic amines) is 1. The topological polar surface area (TPSA) is 78.7 Å². The van der Waals surface area contributed by atoms with Crippen molar-refractivity contribution in [3.8, 4) is 0 Å². The summed E-state index contributed by atoms with van der Waals surface area (Å²) in [5.74, 6) is 0. The van der Waals surface area contributed by atoms with Crippen LogP contribution in [-0.2, 0) is 10.0 Å². The van der Waals surface area contributed by atoms with Crippen LogP contribution < -0.4 is 11.1 Å². The van der Waals surface area contributed by atoms with Crippen LogP contribution in [0.1, 0.15) is 12.8 Å². The molecule has 3 N–H and O–H groups in total. The first-order valence-electron chi connectivity index (χ1n) is 7.08. The third-order valence-corrected chi connectivity index (χ3v) is 5.69. The standard InChI is InChI=1S/C14H24N4O2S/c1-17(2)21(19,20)12-4-5-14(13(15)10-12)16-11-6-8-18(3)9-7-11/h4-5,10-11,16H,6-9,15H2,1-3H3. The van der Waals surface area contributed by atoms with Gasteiger partial charge in [0.1, 0.15) is 0 Å². The lowest BCUT2D eigenvalue weighted by atomic mass is 10.1. The zero-order valence-corrected chi connectivity index (χ0v) is 13.7. The van der Waals surface area contributed by atoms with Gasteiger partial charge in [0.2, 0.25) is 10.0 Å². The molecule has 6 nitrogen and oxygen atoms in total. The van der Waals surface area contributed by atoms with Crippen LogP contribution in [0.3, 0.4) is 0 Å². The molecule has 0 atom stereocenters. The Kier molecular flexibility index (Phi) is 4.75. The van der Waals surface area contributed by atoms with Gasteiger partial charge in [-0.1, -0.05) is 0 Å². The predicted octanol–water partition coefficient (Wildman–Crippen LogP) is 1.03. The zero-order valence-electron chi connectivity index (χ0n) is 12.8. The van der Waals surface area contributed by atoms with Crippen molar-refractivity contribution in [1.29, 1.82) is 0 Å². The molecule has 0 radical (unpaired) electrons. The molecule has 1 aromatic rings. The first kappa shape index (κ1) is 16.1. The summed E-state index contributed by atoms with van der Waals surface area (Å²) in [6.07, 6.45) is 2.13. The van der Waals surface area contributed by atoms with Gasteiger partial charge in [-0.25, -0.2) is 12.7 Å². The van der Waals surface area contributed by atoms with Crippen molar-refractivity contribution < 1.29 is 8.42 Å². The van der Waals surface area contributed by atoms with Crippen LogP contribution in [0.2, 0.25) is 0 Å². The lowest BCUT2D eigenvalue weighted by Crippen LogP contribution is -2.36. The van der Waals surface area contributed by atoms with Crippen molar-refractivity contribution in [1.82, 2.24) is 9.21 Å². The molecule has 1 saturated heterocycles. The van der Waals surface area contributed by atoms with Crippen LogP contribution in [0.15, 0.2) is 23.1 Å². The van der Waals surface area contributed by atoms with Crippen molar-refractivity contribution in [2.45, 2.75) is 23.8 Å². The summed E-state index contributed by atoms with van der Waals surface area (Å²) in [5, 5.41) is 3.42. The second-order valence-electron chi connectivity index (χ2n) is 5.76. The Balaban J connectivity index is 2.13. The molecule has 1 heterocycles. The van der Waals surface area contributed by atoms with Crippen molar-refractivity contribution in [2.75, 3.05) is 45.3 Å². The fourth-order valence-electron chi connectivity index (χ4n) is 2.42. The molecule has 1 fully saturated rings. The Hall–Kier alpha value is -1.31. The minimum atomic E-state index is -3.44. The highest BCUT2D eigenvalue weighted by Gasteiger charge is 2.20. The number of piperidine rings is 1. The number of nitrogens with two attached hydrogens (primary N) is 1. The molecule has 1 aliphatic rings. The molecule has 1 aliphatic heterocycles. The van der Waals surface area contributed by atoms with Gasteiger partial charge in [-0.2, -0.15) is 0 Å². The number of nitrogens with one attached hydrogen (secondary N) is 1. The van der Waals surface area contributed by atoms with Crippen LogP contribution in [0.25, 0.3) is 0 Å². The van der Waals surface area contributed by atoms with Gasteiger partial charge in [-0.15, -0.1) is 0 Å². The monoisotopic (exact) mass is 312 g/mol. The molecule has 0 spiro atoms. The number of hydrogen-bond donors (Lipinski definition) is 2. The van der Waals surface area contributed by atoms with Gasteiger partial charge >= 0.3 is 0 Å². The van der Waals surface area contributed by atoms with Gasteiger partial charge in [0.05, 0.1) is 16.3 Å². The fraction of sp³-hybridized carbons (Fsp3) is 0.571. The summed E-state index contributed by atoms with van der Waals surface area (Å²) in [5.41, 5.74) is 7.28. The molecule has 118 valence electrons. The number of hydrogen-bond acceptors (Lipinski definition) is 5. The average Bonchev–Trinajstić information content (AvgIpc) is 2.43. The van der Waals surface area contributed by atoms with Gasteiger partial charge in [0.25, 0.3) is 0 Å². The summed E-state index contributed by atoms with van der Waals surface area (Å²) in [6.45, 7) is 2.12. The molecule has 1 aromatic carbocycles. The first-order valence-corrected chi connectivity index (χ1v) is 8.52. The number of anilines is 2. The second-order valence-corrected chi connectivity index (χ2v) is 7.91. The van der Waals surface area contributed by atoms with Crippen LogP contribution in [0.5, 0.6) is 0 Å². The molecule has 0 bridgehead atoms. The van der Waals surface area contributed by atoms with E-state index in [-0.39, 0.29) is 4.90 Å². The van der Waals surface area contributed by atoms with E-state index in [2.05, 4.69) is 17.3 Å². The maximum Gasteiger partial charge on any atom is 0.242 e. The number of sulfonamides is 1. The summed E-state index contributed by atoms with van der Waals surface area (Å²) < 4.78 is 25.3. The normalized spacial score (nSPS) is 18.1. The number of benzene rings is 1. The van der Waals surface area contributed by atoms with E-state index in [1.54, 1.807) is 12.1 Å². The van der Waals surface area contributed by atoms with Gasteiger partial charge in [0.15, 0.2) is 0 Å².